The number of rotatable bonds is 4. The minimum atomic E-state index is -2.80. The number of alkyl halides is 2. The molecule has 9 heteroatoms. The predicted octanol–water partition coefficient (Wildman–Crippen LogP) is 2.83. The molecule has 6 rings (SSSR count). The summed E-state index contributed by atoms with van der Waals surface area (Å²) in [5.74, 6) is -3.62. The van der Waals surface area contributed by atoms with Crippen LogP contribution in [-0.2, 0) is 9.59 Å². The average Bonchev–Trinajstić information content (AvgIpc) is 3.53. The van der Waals surface area contributed by atoms with Crippen LogP contribution in [0.25, 0.3) is 5.65 Å². The molecular weight excluding hydrogens is 392 g/mol. The third kappa shape index (κ3) is 2.89. The molecule has 4 aliphatic rings. The summed E-state index contributed by atoms with van der Waals surface area (Å²) in [7, 11) is 0. The predicted molar refractivity (Wildman–Crippen MR) is 103 cm³/mol. The van der Waals surface area contributed by atoms with Crippen molar-refractivity contribution >= 4 is 23.4 Å². The molecular formula is C21H23F2N5O2. The molecule has 2 aromatic heterocycles. The van der Waals surface area contributed by atoms with Crippen LogP contribution in [0.2, 0.25) is 0 Å². The number of halogens is 2. The average molecular weight is 415 g/mol. The summed E-state index contributed by atoms with van der Waals surface area (Å²) in [5.41, 5.74) is 1.76. The number of pyridine rings is 1. The maximum absolute atomic E-state index is 13.2. The van der Waals surface area contributed by atoms with Crippen molar-refractivity contribution in [3.05, 3.63) is 23.9 Å². The van der Waals surface area contributed by atoms with Gasteiger partial charge in [-0.15, -0.1) is 5.10 Å². The van der Waals surface area contributed by atoms with Gasteiger partial charge in [-0.2, -0.15) is 4.98 Å². The summed E-state index contributed by atoms with van der Waals surface area (Å²) in [6.45, 7) is 1.15. The molecule has 0 radical (unpaired) electrons. The van der Waals surface area contributed by atoms with Crippen molar-refractivity contribution in [1.29, 1.82) is 0 Å². The van der Waals surface area contributed by atoms with E-state index in [1.54, 1.807) is 9.42 Å². The van der Waals surface area contributed by atoms with Gasteiger partial charge in [0.2, 0.25) is 17.8 Å². The van der Waals surface area contributed by atoms with Crippen molar-refractivity contribution in [3.8, 4) is 0 Å². The quantitative estimate of drug-likeness (QED) is 0.833. The maximum atomic E-state index is 13.2. The smallest absolute Gasteiger partial charge is 0.260 e. The van der Waals surface area contributed by atoms with E-state index < -0.39 is 11.8 Å². The van der Waals surface area contributed by atoms with Crippen molar-refractivity contribution < 1.29 is 18.4 Å². The Hall–Kier alpha value is -2.58. The molecule has 0 bridgehead atoms. The first-order chi connectivity index (χ1) is 14.3. The van der Waals surface area contributed by atoms with Crippen LogP contribution in [-0.4, -0.2) is 50.3 Å². The molecule has 30 heavy (non-hydrogen) atoms. The van der Waals surface area contributed by atoms with Crippen molar-refractivity contribution in [2.24, 2.45) is 17.3 Å². The molecule has 1 N–H and O–H groups in total. The summed E-state index contributed by atoms with van der Waals surface area (Å²) in [6.07, 6.45) is 4.38. The molecule has 1 aliphatic heterocycles. The second-order valence-electron chi connectivity index (χ2n) is 9.57. The second kappa shape index (κ2) is 5.98. The molecule has 3 saturated carbocycles. The third-order valence-corrected chi connectivity index (χ3v) is 7.18. The lowest BCUT2D eigenvalue weighted by molar-refractivity contribution is -0.147. The summed E-state index contributed by atoms with van der Waals surface area (Å²) < 4.78 is 28.2. The van der Waals surface area contributed by atoms with E-state index in [4.69, 9.17) is 0 Å². The zero-order valence-corrected chi connectivity index (χ0v) is 16.5. The number of nitrogens with zero attached hydrogens (tertiary/aromatic N) is 4. The maximum Gasteiger partial charge on any atom is 0.260 e. The van der Waals surface area contributed by atoms with Gasteiger partial charge < -0.3 is 4.90 Å². The number of fused-ring (bicyclic) bond motifs is 1. The Kier molecular flexibility index (Phi) is 3.63. The standard InChI is InChI=1S/C21H23F2N5O2/c22-21(23)9-14(21)18(30)27-10-20(11-27)7-6-13(8-20)15-2-1-3-16-24-19(26-28(15)16)25-17(29)12-4-5-12/h1-3,12-14H,4-11H2,(H,25,26,29)/t13-,14-/m0/s1. The topological polar surface area (TPSA) is 79.6 Å². The zero-order valence-electron chi connectivity index (χ0n) is 16.5. The number of hydrogen-bond acceptors (Lipinski definition) is 4. The van der Waals surface area contributed by atoms with E-state index in [9.17, 15) is 18.4 Å². The van der Waals surface area contributed by atoms with E-state index in [0.29, 0.717) is 24.7 Å². The molecule has 2 atom stereocenters. The lowest BCUT2D eigenvalue weighted by Gasteiger charge is -2.48. The Morgan fingerprint density at radius 1 is 1.13 bits per heavy atom. The van der Waals surface area contributed by atoms with Crippen molar-refractivity contribution in [2.45, 2.75) is 50.4 Å². The highest BCUT2D eigenvalue weighted by atomic mass is 19.3. The first-order valence-corrected chi connectivity index (χ1v) is 10.7. The van der Waals surface area contributed by atoms with Crippen LogP contribution in [0.3, 0.4) is 0 Å². The molecule has 0 unspecified atom stereocenters. The number of likely N-dealkylation sites (tertiary alicyclic amines) is 1. The van der Waals surface area contributed by atoms with Crippen LogP contribution in [0.5, 0.6) is 0 Å². The van der Waals surface area contributed by atoms with Crippen LogP contribution in [0, 0.1) is 17.3 Å². The molecule has 158 valence electrons. The van der Waals surface area contributed by atoms with Crippen LogP contribution < -0.4 is 5.32 Å². The fourth-order valence-electron chi connectivity index (χ4n) is 5.21. The Morgan fingerprint density at radius 2 is 1.90 bits per heavy atom. The van der Waals surface area contributed by atoms with Gasteiger partial charge in [0.05, 0.1) is 0 Å². The molecule has 1 saturated heterocycles. The Labute approximate surface area is 171 Å². The number of carbonyl (C=O) groups is 2. The van der Waals surface area contributed by atoms with Gasteiger partial charge in [-0.3, -0.25) is 14.9 Å². The number of aromatic nitrogens is 3. The van der Waals surface area contributed by atoms with Gasteiger partial charge in [-0.05, 0) is 44.2 Å². The number of hydrogen-bond donors (Lipinski definition) is 1. The highest BCUT2D eigenvalue weighted by Crippen LogP contribution is 2.55. The normalized spacial score (nSPS) is 28.5. The number of nitrogens with one attached hydrogen (secondary N) is 1. The number of anilines is 1. The van der Waals surface area contributed by atoms with E-state index in [1.807, 2.05) is 18.2 Å². The highest BCUT2D eigenvalue weighted by molar-refractivity contribution is 5.92. The van der Waals surface area contributed by atoms with Crippen LogP contribution in [0.15, 0.2) is 18.2 Å². The van der Waals surface area contributed by atoms with Gasteiger partial charge >= 0.3 is 0 Å². The molecule has 3 aliphatic carbocycles. The number of amides is 2. The van der Waals surface area contributed by atoms with Gasteiger partial charge in [0.25, 0.3) is 5.92 Å². The molecule has 2 amide bonds. The SMILES string of the molecule is O=C(Nc1nc2cccc([C@H]3CCC4(C3)CN(C(=O)[C@@H]3CC3(F)F)C4)n2n1)C1CC1. The van der Waals surface area contributed by atoms with Crippen LogP contribution in [0.1, 0.15) is 50.1 Å². The molecule has 3 heterocycles. The first kappa shape index (κ1) is 18.2. The summed E-state index contributed by atoms with van der Waals surface area (Å²) in [5, 5.41) is 7.32. The van der Waals surface area contributed by atoms with E-state index in [-0.39, 0.29) is 35.5 Å². The second-order valence-corrected chi connectivity index (χ2v) is 9.57. The number of carbonyl (C=O) groups excluding carboxylic acids is 2. The Balaban J connectivity index is 1.16. The third-order valence-electron chi connectivity index (χ3n) is 7.18. The molecule has 7 nitrogen and oxygen atoms in total. The Bertz CT molecular complexity index is 1060. The minimum Gasteiger partial charge on any atom is -0.341 e. The van der Waals surface area contributed by atoms with Gasteiger partial charge in [0.15, 0.2) is 5.65 Å². The van der Waals surface area contributed by atoms with Crippen molar-refractivity contribution in [3.63, 3.8) is 0 Å². The van der Waals surface area contributed by atoms with E-state index in [0.717, 1.165) is 37.8 Å². The molecule has 1 spiro atoms. The summed E-state index contributed by atoms with van der Waals surface area (Å²) >= 11 is 0. The van der Waals surface area contributed by atoms with E-state index >= 15 is 0 Å². The summed E-state index contributed by atoms with van der Waals surface area (Å²) in [4.78, 5) is 30.3. The molecule has 2 aromatic rings. The fraction of sp³-hybridized carbons (Fsp3) is 0.619. The Morgan fingerprint density at radius 3 is 2.60 bits per heavy atom. The van der Waals surface area contributed by atoms with E-state index in [2.05, 4.69) is 15.4 Å². The monoisotopic (exact) mass is 415 g/mol. The van der Waals surface area contributed by atoms with Crippen LogP contribution in [0.4, 0.5) is 14.7 Å². The zero-order chi connectivity index (χ0) is 20.7. The lowest BCUT2D eigenvalue weighted by Crippen LogP contribution is -2.58. The first-order valence-electron chi connectivity index (χ1n) is 10.7. The van der Waals surface area contributed by atoms with Gasteiger partial charge in [-0.1, -0.05) is 6.07 Å². The molecule has 0 aromatic carbocycles. The van der Waals surface area contributed by atoms with Gasteiger partial charge in [-0.25, -0.2) is 13.3 Å². The largest absolute Gasteiger partial charge is 0.341 e. The van der Waals surface area contributed by atoms with Gasteiger partial charge in [0, 0.05) is 42.5 Å². The fourth-order valence-corrected chi connectivity index (χ4v) is 5.21. The van der Waals surface area contributed by atoms with Crippen molar-refractivity contribution in [2.75, 3.05) is 18.4 Å². The van der Waals surface area contributed by atoms with Crippen molar-refractivity contribution in [1.82, 2.24) is 19.5 Å². The molecule has 4 fully saturated rings. The van der Waals surface area contributed by atoms with E-state index in [1.165, 1.54) is 0 Å². The lowest BCUT2D eigenvalue weighted by atomic mass is 9.77. The minimum absolute atomic E-state index is 0.0206. The van der Waals surface area contributed by atoms with Gasteiger partial charge in [0.1, 0.15) is 5.92 Å². The summed E-state index contributed by atoms with van der Waals surface area (Å²) in [6, 6.07) is 5.85. The van der Waals surface area contributed by atoms with Crippen LogP contribution >= 0.6 is 0 Å². The highest BCUT2D eigenvalue weighted by Gasteiger charge is 2.64.